The molecule has 18 heavy (non-hydrogen) atoms. The Bertz CT molecular complexity index is 507. The van der Waals surface area contributed by atoms with Crippen LogP contribution in [0.25, 0.3) is 5.65 Å². The van der Waals surface area contributed by atoms with Crippen LogP contribution in [0, 0.1) is 6.92 Å². The quantitative estimate of drug-likeness (QED) is 0.869. The van der Waals surface area contributed by atoms with Crippen molar-refractivity contribution < 1.29 is 0 Å². The van der Waals surface area contributed by atoms with Crippen LogP contribution in [0.3, 0.4) is 0 Å². The minimum absolute atomic E-state index is 0.577. The summed E-state index contributed by atoms with van der Waals surface area (Å²) in [5.74, 6) is 1.16. The smallest absolute Gasteiger partial charge is 0.137 e. The van der Waals surface area contributed by atoms with Crippen LogP contribution in [0.4, 0.5) is 0 Å². The van der Waals surface area contributed by atoms with E-state index >= 15 is 0 Å². The molecule has 0 aliphatic rings. The Labute approximate surface area is 113 Å². The van der Waals surface area contributed by atoms with Crippen LogP contribution < -0.4 is 5.32 Å². The number of nitrogens with zero attached hydrogens (tertiary/aromatic N) is 2. The molecule has 0 bridgehead atoms. The summed E-state index contributed by atoms with van der Waals surface area (Å²) in [4.78, 5) is 4.58. The fourth-order valence-corrected chi connectivity index (χ4v) is 2.90. The minimum Gasteiger partial charge on any atom is -0.308 e. The highest BCUT2D eigenvalue weighted by Crippen LogP contribution is 2.12. The lowest BCUT2D eigenvalue weighted by molar-refractivity contribution is 0.533. The number of fused-ring (bicyclic) bond motifs is 1. The van der Waals surface area contributed by atoms with E-state index in [9.17, 15) is 0 Å². The first-order valence-corrected chi connectivity index (χ1v) is 7.80. The monoisotopic (exact) mass is 263 g/mol. The van der Waals surface area contributed by atoms with E-state index in [1.807, 2.05) is 17.8 Å². The Morgan fingerprint density at radius 2 is 2.28 bits per heavy atom. The molecule has 2 aromatic heterocycles. The number of hydrogen-bond acceptors (Lipinski definition) is 3. The van der Waals surface area contributed by atoms with Gasteiger partial charge in [0, 0.05) is 24.5 Å². The van der Waals surface area contributed by atoms with Gasteiger partial charge in [-0.25, -0.2) is 4.98 Å². The summed E-state index contributed by atoms with van der Waals surface area (Å²) >= 11 is 1.89. The fourth-order valence-electron chi connectivity index (χ4n) is 2.14. The molecular formula is C14H21N3S. The number of hydrogen-bond donors (Lipinski definition) is 1. The van der Waals surface area contributed by atoms with Crippen molar-refractivity contribution in [3.63, 3.8) is 0 Å². The van der Waals surface area contributed by atoms with E-state index in [2.05, 4.69) is 53.1 Å². The summed E-state index contributed by atoms with van der Waals surface area (Å²) in [6, 6.07) is 6.71. The minimum atomic E-state index is 0.577. The molecule has 3 nitrogen and oxygen atoms in total. The molecule has 2 aromatic rings. The Hall–Kier alpha value is -1.00. The van der Waals surface area contributed by atoms with Gasteiger partial charge in [-0.2, -0.15) is 11.8 Å². The lowest BCUT2D eigenvalue weighted by Crippen LogP contribution is -2.30. The molecule has 0 fully saturated rings. The molecule has 1 atom stereocenters. The van der Waals surface area contributed by atoms with Gasteiger partial charge in [-0.1, -0.05) is 13.0 Å². The van der Waals surface area contributed by atoms with Crippen molar-refractivity contribution >= 4 is 17.4 Å². The Balaban J connectivity index is 2.13. The molecule has 98 valence electrons. The van der Waals surface area contributed by atoms with E-state index in [-0.39, 0.29) is 0 Å². The highest BCUT2D eigenvalue weighted by Gasteiger charge is 2.10. The van der Waals surface area contributed by atoms with Gasteiger partial charge in [0.05, 0.1) is 11.4 Å². The average molecular weight is 263 g/mol. The Kier molecular flexibility index (Phi) is 4.66. The number of rotatable bonds is 6. The molecular weight excluding hydrogens is 242 g/mol. The molecule has 0 saturated heterocycles. The van der Waals surface area contributed by atoms with Crippen molar-refractivity contribution in [1.82, 2.24) is 14.7 Å². The predicted octanol–water partition coefficient (Wildman–Crippen LogP) is 2.87. The lowest BCUT2D eigenvalue weighted by Gasteiger charge is -2.15. The third kappa shape index (κ3) is 2.87. The van der Waals surface area contributed by atoms with Gasteiger partial charge in [0.2, 0.25) is 0 Å². The van der Waals surface area contributed by atoms with Crippen molar-refractivity contribution in [1.29, 1.82) is 0 Å². The van der Waals surface area contributed by atoms with Crippen LogP contribution in [0.5, 0.6) is 0 Å². The first-order chi connectivity index (χ1) is 8.76. The number of pyridine rings is 1. The summed E-state index contributed by atoms with van der Waals surface area (Å²) in [6.07, 6.45) is 5.41. The maximum Gasteiger partial charge on any atom is 0.137 e. The summed E-state index contributed by atoms with van der Waals surface area (Å²) in [6.45, 7) is 5.20. The zero-order valence-corrected chi connectivity index (χ0v) is 12.1. The number of nitrogens with one attached hydrogen (secondary N) is 1. The van der Waals surface area contributed by atoms with E-state index in [4.69, 9.17) is 0 Å². The number of thioether (sulfide) groups is 1. The van der Waals surface area contributed by atoms with Gasteiger partial charge in [-0.15, -0.1) is 0 Å². The van der Waals surface area contributed by atoms with Crippen LogP contribution in [0.2, 0.25) is 0 Å². The molecule has 1 N–H and O–H groups in total. The van der Waals surface area contributed by atoms with Gasteiger partial charge in [0.25, 0.3) is 0 Å². The molecule has 1 unspecified atom stereocenters. The third-order valence-corrected chi connectivity index (χ3v) is 3.98. The summed E-state index contributed by atoms with van der Waals surface area (Å²) < 4.78 is 2.17. The van der Waals surface area contributed by atoms with E-state index in [1.54, 1.807) is 0 Å². The molecule has 0 aliphatic heterocycles. The molecule has 0 saturated carbocycles. The van der Waals surface area contributed by atoms with Gasteiger partial charge >= 0.3 is 0 Å². The average Bonchev–Trinajstić information content (AvgIpc) is 2.70. The predicted molar refractivity (Wildman–Crippen MR) is 79.2 cm³/mol. The first-order valence-electron chi connectivity index (χ1n) is 6.41. The topological polar surface area (TPSA) is 29.3 Å². The van der Waals surface area contributed by atoms with Gasteiger partial charge in [-0.3, -0.25) is 0 Å². The third-order valence-electron chi connectivity index (χ3n) is 3.25. The van der Waals surface area contributed by atoms with Gasteiger partial charge in [0.15, 0.2) is 0 Å². The number of imidazole rings is 1. The molecule has 2 heterocycles. The molecule has 0 aliphatic carbocycles. The zero-order valence-electron chi connectivity index (χ0n) is 11.3. The van der Waals surface area contributed by atoms with Gasteiger partial charge < -0.3 is 9.72 Å². The second-order valence-electron chi connectivity index (χ2n) is 4.51. The van der Waals surface area contributed by atoms with Crippen molar-refractivity contribution in [2.75, 3.05) is 12.0 Å². The largest absolute Gasteiger partial charge is 0.308 e. The SMILES string of the molecule is CCC(CSC)NCc1c(C)nc2ccccn12. The molecule has 0 amide bonds. The van der Waals surface area contributed by atoms with E-state index < -0.39 is 0 Å². The molecule has 0 aromatic carbocycles. The van der Waals surface area contributed by atoms with Crippen LogP contribution >= 0.6 is 11.8 Å². The van der Waals surface area contributed by atoms with E-state index in [1.165, 1.54) is 5.69 Å². The van der Waals surface area contributed by atoms with Crippen molar-refractivity contribution in [2.45, 2.75) is 32.9 Å². The van der Waals surface area contributed by atoms with Crippen LogP contribution in [-0.4, -0.2) is 27.4 Å². The molecule has 2 rings (SSSR count). The molecule has 4 heteroatoms. The Morgan fingerprint density at radius 3 is 3.00 bits per heavy atom. The molecule has 0 radical (unpaired) electrons. The van der Waals surface area contributed by atoms with Crippen LogP contribution in [0.15, 0.2) is 24.4 Å². The summed E-state index contributed by atoms with van der Waals surface area (Å²) in [7, 11) is 0. The maximum atomic E-state index is 4.58. The van der Waals surface area contributed by atoms with E-state index in [0.717, 1.165) is 30.1 Å². The second kappa shape index (κ2) is 6.25. The summed E-state index contributed by atoms with van der Waals surface area (Å²) in [5, 5.41) is 3.62. The highest BCUT2D eigenvalue weighted by atomic mass is 32.2. The highest BCUT2D eigenvalue weighted by molar-refractivity contribution is 7.98. The van der Waals surface area contributed by atoms with Crippen molar-refractivity contribution in [3.05, 3.63) is 35.8 Å². The zero-order chi connectivity index (χ0) is 13.0. The van der Waals surface area contributed by atoms with Crippen molar-refractivity contribution in [2.24, 2.45) is 0 Å². The van der Waals surface area contributed by atoms with Crippen LogP contribution in [0.1, 0.15) is 24.7 Å². The summed E-state index contributed by atoms with van der Waals surface area (Å²) in [5.41, 5.74) is 3.42. The van der Waals surface area contributed by atoms with Gasteiger partial charge in [0.1, 0.15) is 5.65 Å². The molecule has 0 spiro atoms. The van der Waals surface area contributed by atoms with Gasteiger partial charge in [-0.05, 0) is 31.7 Å². The second-order valence-corrected chi connectivity index (χ2v) is 5.42. The first kappa shape index (κ1) is 13.4. The number of aryl methyl sites for hydroxylation is 1. The fraction of sp³-hybridized carbons (Fsp3) is 0.500. The Morgan fingerprint density at radius 1 is 1.44 bits per heavy atom. The van der Waals surface area contributed by atoms with Crippen molar-refractivity contribution in [3.8, 4) is 0 Å². The lowest BCUT2D eigenvalue weighted by atomic mass is 10.2. The van der Waals surface area contributed by atoms with E-state index in [0.29, 0.717) is 6.04 Å². The normalized spacial score (nSPS) is 13.1. The standard InChI is InChI=1S/C14H21N3S/c1-4-12(10-18-3)15-9-13-11(2)16-14-7-5-6-8-17(13)14/h5-8,12,15H,4,9-10H2,1-3H3. The number of aromatic nitrogens is 2. The maximum absolute atomic E-state index is 4.58. The van der Waals surface area contributed by atoms with Crippen LogP contribution in [-0.2, 0) is 6.54 Å².